The molecule has 0 amide bonds. The fraction of sp³-hybridized carbons (Fsp3) is 0.263. The Morgan fingerprint density at radius 2 is 1.92 bits per heavy atom. The molecular formula is C19H22N4O2S. The van der Waals surface area contributed by atoms with E-state index in [0.29, 0.717) is 18.8 Å². The van der Waals surface area contributed by atoms with E-state index in [0.717, 1.165) is 16.3 Å². The summed E-state index contributed by atoms with van der Waals surface area (Å²) in [7, 11) is 0. The third-order valence-corrected chi connectivity index (χ3v) is 4.24. The van der Waals surface area contributed by atoms with Gasteiger partial charge in [-0.15, -0.1) is 0 Å². The Labute approximate surface area is 157 Å². The predicted molar refractivity (Wildman–Crippen MR) is 105 cm³/mol. The number of allylic oxidation sites excluding steroid dienone is 1. The summed E-state index contributed by atoms with van der Waals surface area (Å²) in [4.78, 5) is 33.0. The van der Waals surface area contributed by atoms with Crippen LogP contribution in [0, 0.1) is 6.92 Å². The number of ketones is 2. The van der Waals surface area contributed by atoms with Crippen molar-refractivity contribution in [2.45, 2.75) is 38.5 Å². The van der Waals surface area contributed by atoms with Crippen molar-refractivity contribution in [1.82, 2.24) is 9.97 Å². The van der Waals surface area contributed by atoms with E-state index in [4.69, 9.17) is 0 Å². The number of benzene rings is 1. The van der Waals surface area contributed by atoms with Gasteiger partial charge in [-0.2, -0.15) is 0 Å². The van der Waals surface area contributed by atoms with E-state index in [1.807, 2.05) is 44.2 Å². The molecule has 2 aromatic rings. The summed E-state index contributed by atoms with van der Waals surface area (Å²) in [6, 6.07) is 9.43. The van der Waals surface area contributed by atoms with Gasteiger partial charge in [-0.25, -0.2) is 9.97 Å². The van der Waals surface area contributed by atoms with Crippen molar-refractivity contribution < 1.29 is 9.59 Å². The van der Waals surface area contributed by atoms with Gasteiger partial charge in [-0.3, -0.25) is 14.3 Å². The first-order valence-electron chi connectivity index (χ1n) is 8.33. The van der Waals surface area contributed by atoms with Gasteiger partial charge in [0.25, 0.3) is 0 Å². The molecule has 6 nitrogen and oxygen atoms in total. The lowest BCUT2D eigenvalue weighted by atomic mass is 10.1. The maximum atomic E-state index is 12.0. The van der Waals surface area contributed by atoms with Crippen molar-refractivity contribution in [3.63, 3.8) is 0 Å². The highest BCUT2D eigenvalue weighted by atomic mass is 32.2. The number of hydrogen-bond donors (Lipinski definition) is 2. The molecule has 2 rings (SSSR count). The van der Waals surface area contributed by atoms with Crippen molar-refractivity contribution in [2.75, 3.05) is 10.0 Å². The second kappa shape index (κ2) is 9.72. The second-order valence-corrected chi connectivity index (χ2v) is 6.56. The Hall–Kier alpha value is -2.67. The molecule has 0 unspecified atom stereocenters. The fourth-order valence-electron chi connectivity index (χ4n) is 2.12. The van der Waals surface area contributed by atoms with Crippen molar-refractivity contribution >= 4 is 35.2 Å². The number of aromatic nitrogens is 2. The van der Waals surface area contributed by atoms with E-state index >= 15 is 0 Å². The molecule has 0 atom stereocenters. The molecule has 26 heavy (non-hydrogen) atoms. The average Bonchev–Trinajstić information content (AvgIpc) is 2.61. The number of carbonyl (C=O) groups excluding carboxylic acids is 2. The Balaban J connectivity index is 1.97. The van der Waals surface area contributed by atoms with Crippen LogP contribution < -0.4 is 10.0 Å². The van der Waals surface area contributed by atoms with E-state index in [1.54, 1.807) is 6.20 Å². The van der Waals surface area contributed by atoms with Gasteiger partial charge in [0.1, 0.15) is 0 Å². The van der Waals surface area contributed by atoms with Gasteiger partial charge in [-0.1, -0.05) is 6.92 Å². The van der Waals surface area contributed by atoms with E-state index in [2.05, 4.69) is 20.0 Å². The summed E-state index contributed by atoms with van der Waals surface area (Å²) < 4.78 is 3.09. The van der Waals surface area contributed by atoms with Crippen LogP contribution in [0.4, 0.5) is 11.6 Å². The molecule has 0 saturated carbocycles. The van der Waals surface area contributed by atoms with Gasteiger partial charge in [0.2, 0.25) is 5.95 Å². The molecule has 136 valence electrons. The van der Waals surface area contributed by atoms with Gasteiger partial charge >= 0.3 is 0 Å². The lowest BCUT2D eigenvalue weighted by Crippen LogP contribution is -2.11. The van der Waals surface area contributed by atoms with Crippen molar-refractivity contribution in [1.29, 1.82) is 0 Å². The smallest absolute Gasteiger partial charge is 0.233 e. The monoisotopic (exact) mass is 370 g/mol. The minimum Gasteiger partial charge on any atom is -0.361 e. The summed E-state index contributed by atoms with van der Waals surface area (Å²) in [5.74, 6) is 0.188. The van der Waals surface area contributed by atoms with E-state index in [9.17, 15) is 9.59 Å². The van der Waals surface area contributed by atoms with Crippen LogP contribution in [0.15, 0.2) is 53.2 Å². The quantitative estimate of drug-likeness (QED) is 0.297. The Morgan fingerprint density at radius 3 is 2.54 bits per heavy atom. The normalized spacial score (nSPS) is 11.1. The van der Waals surface area contributed by atoms with E-state index < -0.39 is 0 Å². The minimum absolute atomic E-state index is 0.137. The number of hydrogen-bond acceptors (Lipinski definition) is 7. The molecule has 0 aliphatic carbocycles. The molecular weight excluding hydrogens is 348 g/mol. The molecule has 1 aromatic carbocycles. The van der Waals surface area contributed by atoms with Crippen LogP contribution in [-0.4, -0.2) is 21.5 Å². The van der Waals surface area contributed by atoms with Crippen LogP contribution in [0.2, 0.25) is 0 Å². The standard InChI is InChI=1S/C19H22N4O2S/c1-4-5-18(25)17(14(3)24)12-21-15-6-8-16(9-7-15)26-23-19-20-11-10-13(2)22-19/h6-12,21H,4-5H2,1-3H3,(H,20,22,23)/b17-12-. The molecule has 2 N–H and O–H groups in total. The van der Waals surface area contributed by atoms with Crippen LogP contribution in [0.3, 0.4) is 0 Å². The van der Waals surface area contributed by atoms with Crippen LogP contribution in [-0.2, 0) is 9.59 Å². The van der Waals surface area contributed by atoms with Crippen LogP contribution in [0.25, 0.3) is 0 Å². The molecule has 0 aliphatic heterocycles. The van der Waals surface area contributed by atoms with Crippen molar-refractivity contribution in [3.8, 4) is 0 Å². The Kier molecular flexibility index (Phi) is 7.35. The van der Waals surface area contributed by atoms with Gasteiger partial charge < -0.3 is 5.32 Å². The molecule has 0 radical (unpaired) electrons. The number of nitrogens with one attached hydrogen (secondary N) is 2. The number of nitrogens with zero attached hydrogens (tertiary/aromatic N) is 2. The molecule has 0 bridgehead atoms. The molecule has 0 fully saturated rings. The summed E-state index contributed by atoms with van der Waals surface area (Å²) in [6.07, 6.45) is 4.28. The third kappa shape index (κ3) is 6.00. The maximum absolute atomic E-state index is 12.0. The number of Topliss-reactive ketones (excluding diaryl/α,β-unsaturated/α-hetero) is 2. The summed E-state index contributed by atoms with van der Waals surface area (Å²) in [5, 5.41) is 3.02. The van der Waals surface area contributed by atoms with Crippen molar-refractivity contribution in [2.24, 2.45) is 0 Å². The fourth-order valence-corrected chi connectivity index (χ4v) is 2.70. The summed E-state index contributed by atoms with van der Waals surface area (Å²) in [6.45, 7) is 5.22. The lowest BCUT2D eigenvalue weighted by molar-refractivity contribution is -0.120. The predicted octanol–water partition coefficient (Wildman–Crippen LogP) is 4.16. The summed E-state index contributed by atoms with van der Waals surface area (Å²) >= 11 is 1.41. The molecule has 7 heteroatoms. The molecule has 0 spiro atoms. The lowest BCUT2D eigenvalue weighted by Gasteiger charge is -2.07. The highest BCUT2D eigenvalue weighted by molar-refractivity contribution is 8.00. The molecule has 1 heterocycles. The first-order chi connectivity index (χ1) is 12.5. The van der Waals surface area contributed by atoms with Gasteiger partial charge in [-0.05, 0) is 62.5 Å². The number of carbonyl (C=O) groups is 2. The minimum atomic E-state index is -0.231. The van der Waals surface area contributed by atoms with E-state index in [1.165, 1.54) is 25.1 Å². The zero-order chi connectivity index (χ0) is 18.9. The first-order valence-corrected chi connectivity index (χ1v) is 9.14. The maximum Gasteiger partial charge on any atom is 0.233 e. The second-order valence-electron chi connectivity index (χ2n) is 5.68. The third-order valence-electron chi connectivity index (χ3n) is 3.45. The highest BCUT2D eigenvalue weighted by Crippen LogP contribution is 2.21. The average molecular weight is 370 g/mol. The first kappa shape index (κ1) is 19.7. The number of aryl methyl sites for hydroxylation is 1. The molecule has 1 aromatic heterocycles. The number of anilines is 2. The molecule has 0 aliphatic rings. The zero-order valence-electron chi connectivity index (χ0n) is 15.1. The Bertz CT molecular complexity index is 803. The summed E-state index contributed by atoms with van der Waals surface area (Å²) in [5.41, 5.74) is 1.89. The molecule has 0 saturated heterocycles. The van der Waals surface area contributed by atoms with Gasteiger partial charge in [0.05, 0.1) is 5.57 Å². The van der Waals surface area contributed by atoms with Crippen LogP contribution >= 0.6 is 11.9 Å². The van der Waals surface area contributed by atoms with Gasteiger partial charge in [0.15, 0.2) is 11.6 Å². The Morgan fingerprint density at radius 1 is 1.19 bits per heavy atom. The van der Waals surface area contributed by atoms with Gasteiger partial charge in [0, 0.05) is 35.1 Å². The SMILES string of the molecule is CCCC(=O)/C(=C\Nc1ccc(SNc2nccc(C)n2)cc1)C(C)=O. The number of rotatable bonds is 9. The topological polar surface area (TPSA) is 84.0 Å². The van der Waals surface area contributed by atoms with E-state index in [-0.39, 0.29) is 17.1 Å². The van der Waals surface area contributed by atoms with Crippen LogP contribution in [0.1, 0.15) is 32.4 Å². The zero-order valence-corrected chi connectivity index (χ0v) is 15.9. The largest absolute Gasteiger partial charge is 0.361 e. The van der Waals surface area contributed by atoms with Crippen molar-refractivity contribution in [3.05, 3.63) is 54.0 Å². The van der Waals surface area contributed by atoms with Crippen LogP contribution in [0.5, 0.6) is 0 Å². The highest BCUT2D eigenvalue weighted by Gasteiger charge is 2.13.